The molecule has 1 aromatic carbocycles. The number of hydrogen-bond acceptors (Lipinski definition) is 6. The summed E-state index contributed by atoms with van der Waals surface area (Å²) in [4.78, 5) is 37.6. The Bertz CT molecular complexity index is 792. The van der Waals surface area contributed by atoms with E-state index in [1.807, 2.05) is 0 Å². The van der Waals surface area contributed by atoms with Crippen LogP contribution in [0.2, 0.25) is 0 Å². The van der Waals surface area contributed by atoms with Crippen LogP contribution in [0.5, 0.6) is 11.5 Å². The topological polar surface area (TPSA) is 98.9 Å². The number of nitrogen functional groups attached to an aromatic ring is 1. The molecule has 1 aliphatic carbocycles. The summed E-state index contributed by atoms with van der Waals surface area (Å²) < 4.78 is 10.4. The normalized spacial score (nSPS) is 14.0. The Kier molecular flexibility index (Phi) is 4.73. The van der Waals surface area contributed by atoms with Crippen LogP contribution in [0.1, 0.15) is 13.8 Å². The van der Waals surface area contributed by atoms with Crippen LogP contribution in [0.15, 0.2) is 35.6 Å². The molecular weight excluding hydrogens is 312 g/mol. The number of amides is 1. The van der Waals surface area contributed by atoms with Gasteiger partial charge in [-0.05, 0) is 13.0 Å². The van der Waals surface area contributed by atoms with Crippen molar-refractivity contribution >= 4 is 28.8 Å². The third kappa shape index (κ3) is 3.01. The minimum Gasteiger partial charge on any atom is -0.495 e. The van der Waals surface area contributed by atoms with E-state index in [2.05, 4.69) is 0 Å². The largest absolute Gasteiger partial charge is 0.495 e. The number of ketones is 2. The lowest BCUT2D eigenvalue weighted by Gasteiger charge is -2.26. The van der Waals surface area contributed by atoms with E-state index in [1.165, 1.54) is 39.4 Å². The lowest BCUT2D eigenvalue weighted by molar-refractivity contribution is -0.118. The third-order valence-electron chi connectivity index (χ3n) is 3.58. The molecule has 0 unspecified atom stereocenters. The minimum absolute atomic E-state index is 0.0526. The van der Waals surface area contributed by atoms with Crippen LogP contribution in [0, 0.1) is 0 Å². The number of rotatable bonds is 4. The van der Waals surface area contributed by atoms with Crippen LogP contribution in [-0.4, -0.2) is 31.7 Å². The molecule has 0 aromatic heterocycles. The SMILES string of the molecule is COc1cc(N(C(C)=O)C2=CC(=O)C(C)=CC2=O)c(OC)cc1N. The fourth-order valence-electron chi connectivity index (χ4n) is 2.37. The van der Waals surface area contributed by atoms with Crippen LogP contribution in [0.3, 0.4) is 0 Å². The molecule has 1 amide bonds. The zero-order valence-electron chi connectivity index (χ0n) is 13.9. The van der Waals surface area contributed by atoms with Crippen molar-refractivity contribution < 1.29 is 23.9 Å². The Morgan fingerprint density at radius 1 is 1.04 bits per heavy atom. The van der Waals surface area contributed by atoms with Gasteiger partial charge in [0.1, 0.15) is 17.2 Å². The van der Waals surface area contributed by atoms with Crippen LogP contribution in [-0.2, 0) is 14.4 Å². The molecule has 0 saturated heterocycles. The first-order chi connectivity index (χ1) is 11.3. The highest BCUT2D eigenvalue weighted by Gasteiger charge is 2.29. The molecule has 24 heavy (non-hydrogen) atoms. The van der Waals surface area contributed by atoms with E-state index in [0.717, 1.165) is 11.0 Å². The van der Waals surface area contributed by atoms with Crippen molar-refractivity contribution in [1.29, 1.82) is 0 Å². The number of methoxy groups -OCH3 is 2. The number of ether oxygens (including phenoxy) is 2. The minimum atomic E-state index is -0.458. The van der Waals surface area contributed by atoms with E-state index in [-0.39, 0.29) is 22.9 Å². The molecule has 2 rings (SSSR count). The van der Waals surface area contributed by atoms with Crippen LogP contribution in [0.25, 0.3) is 0 Å². The van der Waals surface area contributed by atoms with Crippen molar-refractivity contribution in [3.05, 3.63) is 35.6 Å². The Hall–Kier alpha value is -3.09. The van der Waals surface area contributed by atoms with Crippen molar-refractivity contribution in [2.45, 2.75) is 13.8 Å². The fourth-order valence-corrected chi connectivity index (χ4v) is 2.37. The third-order valence-corrected chi connectivity index (χ3v) is 3.58. The molecule has 0 aliphatic heterocycles. The zero-order valence-corrected chi connectivity index (χ0v) is 13.9. The van der Waals surface area contributed by atoms with Gasteiger partial charge in [-0.25, -0.2) is 0 Å². The van der Waals surface area contributed by atoms with Crippen molar-refractivity contribution in [2.24, 2.45) is 0 Å². The standard InChI is InChI=1S/C17H18N2O5/c1-9-5-15(22)12(7-14(9)21)19(10(2)20)13-8-16(23-3)11(18)6-17(13)24-4/h5-8H,18H2,1-4H3. The predicted molar refractivity (Wildman–Crippen MR) is 89.0 cm³/mol. The van der Waals surface area contributed by atoms with E-state index in [4.69, 9.17) is 15.2 Å². The summed E-state index contributed by atoms with van der Waals surface area (Å²) in [7, 11) is 2.84. The molecule has 0 spiro atoms. The molecule has 7 nitrogen and oxygen atoms in total. The summed E-state index contributed by atoms with van der Waals surface area (Å²) in [6.45, 7) is 2.82. The van der Waals surface area contributed by atoms with E-state index in [9.17, 15) is 14.4 Å². The van der Waals surface area contributed by atoms with Crippen LogP contribution >= 0.6 is 0 Å². The summed E-state index contributed by atoms with van der Waals surface area (Å²) in [5.74, 6) is -0.646. The average Bonchev–Trinajstić information content (AvgIpc) is 2.53. The van der Waals surface area contributed by atoms with Gasteiger partial charge in [0.2, 0.25) is 11.7 Å². The Morgan fingerprint density at radius 2 is 1.67 bits per heavy atom. The second kappa shape index (κ2) is 6.57. The maximum absolute atomic E-state index is 12.3. The Balaban J connectivity index is 2.65. The second-order valence-electron chi connectivity index (χ2n) is 5.21. The predicted octanol–water partition coefficient (Wildman–Crippen LogP) is 1.62. The average molecular weight is 330 g/mol. The number of anilines is 2. The Morgan fingerprint density at radius 3 is 2.21 bits per heavy atom. The van der Waals surface area contributed by atoms with Crippen molar-refractivity contribution in [3.63, 3.8) is 0 Å². The molecule has 0 heterocycles. The molecule has 126 valence electrons. The highest BCUT2D eigenvalue weighted by molar-refractivity contribution is 6.23. The first kappa shape index (κ1) is 17.3. The van der Waals surface area contributed by atoms with Gasteiger partial charge in [-0.15, -0.1) is 0 Å². The number of carbonyl (C=O) groups excluding carboxylic acids is 3. The summed E-state index contributed by atoms with van der Waals surface area (Å²) >= 11 is 0. The number of nitrogens with two attached hydrogens (primary N) is 1. The van der Waals surface area contributed by atoms with Gasteiger partial charge in [0.05, 0.1) is 25.6 Å². The highest BCUT2D eigenvalue weighted by Crippen LogP contribution is 2.39. The lowest BCUT2D eigenvalue weighted by Crippen LogP contribution is -2.34. The maximum atomic E-state index is 12.3. The van der Waals surface area contributed by atoms with Gasteiger partial charge >= 0.3 is 0 Å². The molecular formula is C17H18N2O5. The van der Waals surface area contributed by atoms with Gasteiger partial charge in [-0.3, -0.25) is 19.3 Å². The summed E-state index contributed by atoms with van der Waals surface area (Å²) in [5, 5.41) is 0. The van der Waals surface area contributed by atoms with Gasteiger partial charge < -0.3 is 15.2 Å². The van der Waals surface area contributed by atoms with E-state index < -0.39 is 11.7 Å². The molecule has 7 heteroatoms. The molecule has 0 atom stereocenters. The van der Waals surface area contributed by atoms with Crippen LogP contribution in [0.4, 0.5) is 11.4 Å². The number of carbonyl (C=O) groups is 3. The lowest BCUT2D eigenvalue weighted by atomic mass is 10.0. The highest BCUT2D eigenvalue weighted by atomic mass is 16.5. The molecule has 2 N–H and O–H groups in total. The summed E-state index contributed by atoms with van der Waals surface area (Å²) in [6.07, 6.45) is 2.34. The monoisotopic (exact) mass is 330 g/mol. The molecule has 1 aromatic rings. The number of nitrogens with zero attached hydrogens (tertiary/aromatic N) is 1. The number of allylic oxidation sites excluding steroid dienone is 3. The molecule has 0 fully saturated rings. The summed E-state index contributed by atoms with van der Waals surface area (Å²) in [6, 6.07) is 2.97. The van der Waals surface area contributed by atoms with E-state index in [1.54, 1.807) is 6.92 Å². The van der Waals surface area contributed by atoms with Gasteiger partial charge in [-0.2, -0.15) is 0 Å². The number of hydrogen-bond donors (Lipinski definition) is 1. The smallest absolute Gasteiger partial charge is 0.228 e. The van der Waals surface area contributed by atoms with E-state index >= 15 is 0 Å². The second-order valence-corrected chi connectivity index (χ2v) is 5.21. The zero-order chi connectivity index (χ0) is 18.0. The van der Waals surface area contributed by atoms with Gasteiger partial charge in [-0.1, -0.05) is 0 Å². The van der Waals surface area contributed by atoms with Crippen LogP contribution < -0.4 is 20.1 Å². The van der Waals surface area contributed by atoms with Crippen molar-refractivity contribution in [1.82, 2.24) is 0 Å². The van der Waals surface area contributed by atoms with Gasteiger partial charge in [0.25, 0.3) is 0 Å². The number of benzene rings is 1. The van der Waals surface area contributed by atoms with Gasteiger partial charge in [0.15, 0.2) is 5.78 Å². The molecule has 0 radical (unpaired) electrons. The van der Waals surface area contributed by atoms with E-state index in [0.29, 0.717) is 17.0 Å². The molecule has 0 saturated carbocycles. The molecule has 0 bridgehead atoms. The Labute approximate surface area is 139 Å². The van der Waals surface area contributed by atoms with Crippen molar-refractivity contribution in [2.75, 3.05) is 24.9 Å². The van der Waals surface area contributed by atoms with Gasteiger partial charge in [0, 0.05) is 30.7 Å². The quantitative estimate of drug-likeness (QED) is 0.665. The maximum Gasteiger partial charge on any atom is 0.228 e. The molecule has 1 aliphatic rings. The first-order valence-electron chi connectivity index (χ1n) is 7.11. The summed E-state index contributed by atoms with van der Waals surface area (Å²) in [5.41, 5.74) is 6.68. The first-order valence-corrected chi connectivity index (χ1v) is 7.11. The fraction of sp³-hybridized carbons (Fsp3) is 0.235. The van der Waals surface area contributed by atoms with Crippen molar-refractivity contribution in [3.8, 4) is 11.5 Å².